The SMILES string of the molecule is Cc1ccc(N)cc1C(=O)N1CC(CO)C1. The maximum absolute atomic E-state index is 12.1. The number of nitrogens with zero attached hydrogens (tertiary/aromatic N) is 1. The average molecular weight is 220 g/mol. The second-order valence-electron chi connectivity index (χ2n) is 4.33. The number of aryl methyl sites for hydroxylation is 1. The molecule has 0 bridgehead atoms. The molecule has 2 rings (SSSR count). The number of hydrogen-bond acceptors (Lipinski definition) is 3. The molecule has 0 unspecified atom stereocenters. The standard InChI is InChI=1S/C12H16N2O2/c1-8-2-3-10(13)4-11(8)12(16)14-5-9(6-14)7-15/h2-4,9,15H,5-7,13H2,1H3. The summed E-state index contributed by atoms with van der Waals surface area (Å²) in [5.41, 5.74) is 7.87. The maximum Gasteiger partial charge on any atom is 0.254 e. The van der Waals surface area contributed by atoms with E-state index < -0.39 is 0 Å². The molecule has 0 atom stereocenters. The molecule has 1 saturated heterocycles. The summed E-state index contributed by atoms with van der Waals surface area (Å²) in [5, 5.41) is 8.90. The number of nitrogens with two attached hydrogens (primary N) is 1. The number of aliphatic hydroxyl groups is 1. The van der Waals surface area contributed by atoms with Gasteiger partial charge in [-0.2, -0.15) is 0 Å². The lowest BCUT2D eigenvalue weighted by molar-refractivity contribution is 0.0361. The number of aliphatic hydroxyl groups excluding tert-OH is 1. The van der Waals surface area contributed by atoms with Gasteiger partial charge in [-0.1, -0.05) is 6.07 Å². The largest absolute Gasteiger partial charge is 0.399 e. The highest BCUT2D eigenvalue weighted by molar-refractivity contribution is 5.97. The van der Waals surface area contributed by atoms with E-state index >= 15 is 0 Å². The Bertz CT molecular complexity index is 411. The van der Waals surface area contributed by atoms with Crippen LogP contribution in [-0.4, -0.2) is 35.6 Å². The number of carbonyl (C=O) groups is 1. The Morgan fingerprint density at radius 1 is 1.56 bits per heavy atom. The first-order valence-corrected chi connectivity index (χ1v) is 5.38. The molecule has 3 N–H and O–H groups in total. The molecule has 4 heteroatoms. The van der Waals surface area contributed by atoms with Gasteiger partial charge in [-0.3, -0.25) is 4.79 Å². The molecule has 4 nitrogen and oxygen atoms in total. The third kappa shape index (κ3) is 1.88. The van der Waals surface area contributed by atoms with Crippen molar-refractivity contribution >= 4 is 11.6 Å². The van der Waals surface area contributed by atoms with E-state index in [1.165, 1.54) is 0 Å². The molecule has 1 aromatic carbocycles. The van der Waals surface area contributed by atoms with Gasteiger partial charge in [0.05, 0.1) is 0 Å². The molecule has 1 aromatic rings. The zero-order valence-electron chi connectivity index (χ0n) is 9.31. The minimum atomic E-state index is 0.00880. The van der Waals surface area contributed by atoms with Crippen LogP contribution >= 0.6 is 0 Å². The van der Waals surface area contributed by atoms with E-state index in [2.05, 4.69) is 0 Å². The van der Waals surface area contributed by atoms with Crippen LogP contribution in [-0.2, 0) is 0 Å². The van der Waals surface area contributed by atoms with Gasteiger partial charge in [0.15, 0.2) is 0 Å². The highest BCUT2D eigenvalue weighted by atomic mass is 16.3. The number of anilines is 1. The van der Waals surface area contributed by atoms with Crippen molar-refractivity contribution in [1.82, 2.24) is 4.90 Å². The monoisotopic (exact) mass is 220 g/mol. The first-order valence-electron chi connectivity index (χ1n) is 5.38. The zero-order chi connectivity index (χ0) is 11.7. The third-order valence-corrected chi connectivity index (χ3v) is 2.99. The number of likely N-dealkylation sites (tertiary alicyclic amines) is 1. The van der Waals surface area contributed by atoms with Crippen molar-refractivity contribution in [2.45, 2.75) is 6.92 Å². The Morgan fingerprint density at radius 2 is 2.25 bits per heavy atom. The summed E-state index contributed by atoms with van der Waals surface area (Å²) in [6.07, 6.45) is 0. The van der Waals surface area contributed by atoms with Crippen LogP contribution in [0.5, 0.6) is 0 Å². The number of nitrogen functional groups attached to an aromatic ring is 1. The molecule has 1 aliphatic rings. The summed E-state index contributed by atoms with van der Waals surface area (Å²) in [6.45, 7) is 3.34. The number of benzene rings is 1. The van der Waals surface area contributed by atoms with Crippen LogP contribution in [0.3, 0.4) is 0 Å². The van der Waals surface area contributed by atoms with Gasteiger partial charge < -0.3 is 15.7 Å². The smallest absolute Gasteiger partial charge is 0.254 e. The van der Waals surface area contributed by atoms with Crippen LogP contribution in [0.4, 0.5) is 5.69 Å². The van der Waals surface area contributed by atoms with E-state index in [0.29, 0.717) is 24.3 Å². The van der Waals surface area contributed by atoms with Crippen molar-refractivity contribution < 1.29 is 9.90 Å². The Hall–Kier alpha value is -1.55. The minimum absolute atomic E-state index is 0.00880. The van der Waals surface area contributed by atoms with Gasteiger partial charge in [0.1, 0.15) is 0 Å². The number of rotatable bonds is 2. The van der Waals surface area contributed by atoms with Crippen molar-refractivity contribution in [2.24, 2.45) is 5.92 Å². The van der Waals surface area contributed by atoms with Crippen LogP contribution in [0.25, 0.3) is 0 Å². The van der Waals surface area contributed by atoms with Crippen LogP contribution in [0, 0.1) is 12.8 Å². The average Bonchev–Trinajstić information content (AvgIpc) is 2.20. The lowest BCUT2D eigenvalue weighted by Gasteiger charge is -2.38. The third-order valence-electron chi connectivity index (χ3n) is 2.99. The van der Waals surface area contributed by atoms with Gasteiger partial charge >= 0.3 is 0 Å². The predicted octanol–water partition coefficient (Wildman–Crippen LogP) is 0.642. The van der Waals surface area contributed by atoms with Gasteiger partial charge in [-0.05, 0) is 24.6 Å². The van der Waals surface area contributed by atoms with Gasteiger partial charge in [-0.25, -0.2) is 0 Å². The number of carbonyl (C=O) groups excluding carboxylic acids is 1. The molecule has 0 aliphatic carbocycles. The summed E-state index contributed by atoms with van der Waals surface area (Å²) < 4.78 is 0. The van der Waals surface area contributed by atoms with Gasteiger partial charge in [-0.15, -0.1) is 0 Å². The highest BCUT2D eigenvalue weighted by Gasteiger charge is 2.31. The summed E-state index contributed by atoms with van der Waals surface area (Å²) in [4.78, 5) is 13.8. The maximum atomic E-state index is 12.1. The molecule has 1 amide bonds. The van der Waals surface area contributed by atoms with E-state index in [1.807, 2.05) is 13.0 Å². The van der Waals surface area contributed by atoms with Crippen molar-refractivity contribution in [3.8, 4) is 0 Å². The van der Waals surface area contributed by atoms with Gasteiger partial charge in [0, 0.05) is 36.9 Å². The van der Waals surface area contributed by atoms with Crippen LogP contribution in [0.2, 0.25) is 0 Å². The molecule has 1 heterocycles. The lowest BCUT2D eigenvalue weighted by atomic mass is 9.98. The fraction of sp³-hybridized carbons (Fsp3) is 0.417. The molecule has 0 spiro atoms. The Balaban J connectivity index is 2.13. The highest BCUT2D eigenvalue weighted by Crippen LogP contribution is 2.21. The van der Waals surface area contributed by atoms with E-state index in [-0.39, 0.29) is 18.4 Å². The van der Waals surface area contributed by atoms with Crippen molar-refractivity contribution in [3.05, 3.63) is 29.3 Å². The predicted molar refractivity (Wildman–Crippen MR) is 62.1 cm³/mol. The van der Waals surface area contributed by atoms with Crippen LogP contribution in [0.1, 0.15) is 15.9 Å². The van der Waals surface area contributed by atoms with Crippen LogP contribution in [0.15, 0.2) is 18.2 Å². The number of hydrogen-bond donors (Lipinski definition) is 2. The quantitative estimate of drug-likeness (QED) is 0.719. The normalized spacial score (nSPS) is 16.0. The molecule has 0 saturated carbocycles. The minimum Gasteiger partial charge on any atom is -0.399 e. The van der Waals surface area contributed by atoms with E-state index in [9.17, 15) is 4.79 Å². The van der Waals surface area contributed by atoms with Crippen molar-refractivity contribution in [3.63, 3.8) is 0 Å². The Kier molecular flexibility index (Phi) is 2.83. The molecular weight excluding hydrogens is 204 g/mol. The van der Waals surface area contributed by atoms with E-state index in [0.717, 1.165) is 5.56 Å². The Morgan fingerprint density at radius 3 is 2.88 bits per heavy atom. The van der Waals surface area contributed by atoms with E-state index in [1.54, 1.807) is 17.0 Å². The molecule has 1 fully saturated rings. The summed E-state index contributed by atoms with van der Waals surface area (Å²) in [5.74, 6) is 0.250. The Labute approximate surface area is 94.7 Å². The summed E-state index contributed by atoms with van der Waals surface area (Å²) in [6, 6.07) is 5.36. The molecule has 0 radical (unpaired) electrons. The van der Waals surface area contributed by atoms with Crippen molar-refractivity contribution in [2.75, 3.05) is 25.4 Å². The molecule has 16 heavy (non-hydrogen) atoms. The second-order valence-corrected chi connectivity index (χ2v) is 4.33. The van der Waals surface area contributed by atoms with E-state index in [4.69, 9.17) is 10.8 Å². The lowest BCUT2D eigenvalue weighted by Crippen LogP contribution is -2.51. The van der Waals surface area contributed by atoms with Crippen molar-refractivity contribution in [1.29, 1.82) is 0 Å². The molecule has 1 aliphatic heterocycles. The molecule has 86 valence electrons. The second kappa shape index (κ2) is 4.14. The first-order chi connectivity index (χ1) is 7.61. The topological polar surface area (TPSA) is 66.6 Å². The van der Waals surface area contributed by atoms with Gasteiger partial charge in [0.2, 0.25) is 0 Å². The molecular formula is C12H16N2O2. The summed E-state index contributed by atoms with van der Waals surface area (Å²) in [7, 11) is 0. The van der Waals surface area contributed by atoms with Crippen LogP contribution < -0.4 is 5.73 Å². The summed E-state index contributed by atoms with van der Waals surface area (Å²) >= 11 is 0. The number of amides is 1. The molecule has 0 aromatic heterocycles. The van der Waals surface area contributed by atoms with Gasteiger partial charge in [0.25, 0.3) is 5.91 Å². The zero-order valence-corrected chi connectivity index (χ0v) is 9.31. The fourth-order valence-corrected chi connectivity index (χ4v) is 1.89. The fourth-order valence-electron chi connectivity index (χ4n) is 1.89. The first kappa shape index (κ1) is 11.0.